The molecule has 0 aliphatic rings. The van der Waals surface area contributed by atoms with Gasteiger partial charge in [-0.1, -0.05) is 12.1 Å². The van der Waals surface area contributed by atoms with Gasteiger partial charge in [-0.3, -0.25) is 4.68 Å². The molecule has 1 atom stereocenters. The van der Waals surface area contributed by atoms with Crippen LogP contribution in [0, 0.1) is 13.8 Å². The Hall–Kier alpha value is -1.81. The van der Waals surface area contributed by atoms with Crippen molar-refractivity contribution < 1.29 is 4.74 Å². The van der Waals surface area contributed by atoms with Gasteiger partial charge in [-0.2, -0.15) is 5.10 Å². The zero-order chi connectivity index (χ0) is 14.7. The van der Waals surface area contributed by atoms with Crippen molar-refractivity contribution in [3.63, 3.8) is 0 Å². The smallest absolute Gasteiger partial charge is 0.119 e. The summed E-state index contributed by atoms with van der Waals surface area (Å²) in [6.07, 6.45) is 1.85. The summed E-state index contributed by atoms with van der Waals surface area (Å²) in [5.74, 6) is 0.853. The van der Waals surface area contributed by atoms with Crippen LogP contribution in [0.1, 0.15) is 35.0 Å². The van der Waals surface area contributed by atoms with E-state index >= 15 is 0 Å². The quantitative estimate of drug-likeness (QED) is 0.911. The molecule has 0 radical (unpaired) electrons. The number of hydrogen-bond acceptors (Lipinski definition) is 3. The lowest BCUT2D eigenvalue weighted by Gasteiger charge is -2.13. The first-order valence-electron chi connectivity index (χ1n) is 6.91. The summed E-state index contributed by atoms with van der Waals surface area (Å²) in [4.78, 5) is 0. The highest BCUT2D eigenvalue weighted by Gasteiger charge is 2.12. The van der Waals surface area contributed by atoms with Crippen LogP contribution < -0.4 is 10.5 Å². The lowest BCUT2D eigenvalue weighted by molar-refractivity contribution is 0.413. The molecule has 0 spiro atoms. The molecule has 2 N–H and O–H groups in total. The van der Waals surface area contributed by atoms with Crippen molar-refractivity contribution in [3.05, 3.63) is 46.8 Å². The first-order valence-corrected chi connectivity index (χ1v) is 6.91. The molecule has 0 aliphatic carbocycles. The Morgan fingerprint density at radius 1 is 1.35 bits per heavy atom. The number of rotatable bonds is 5. The monoisotopic (exact) mass is 273 g/mol. The van der Waals surface area contributed by atoms with E-state index in [0.29, 0.717) is 0 Å². The molecule has 0 saturated carbocycles. The zero-order valence-corrected chi connectivity index (χ0v) is 12.7. The summed E-state index contributed by atoms with van der Waals surface area (Å²) in [6, 6.07) is 7.99. The van der Waals surface area contributed by atoms with E-state index in [4.69, 9.17) is 10.5 Å². The van der Waals surface area contributed by atoms with Gasteiger partial charge in [0.05, 0.1) is 12.8 Å². The normalized spacial score (nSPS) is 12.4. The molecule has 0 amide bonds. The van der Waals surface area contributed by atoms with Crippen molar-refractivity contribution in [2.75, 3.05) is 7.11 Å². The number of nitrogens with zero attached hydrogens (tertiary/aromatic N) is 2. The Kier molecular flexibility index (Phi) is 4.45. The molecule has 108 valence electrons. The highest BCUT2D eigenvalue weighted by Crippen LogP contribution is 2.23. The van der Waals surface area contributed by atoms with Crippen molar-refractivity contribution in [1.82, 2.24) is 9.78 Å². The second-order valence-corrected chi connectivity index (χ2v) is 5.19. The van der Waals surface area contributed by atoms with Crippen LogP contribution in [0.25, 0.3) is 0 Å². The molecule has 1 aromatic heterocycles. The van der Waals surface area contributed by atoms with Crippen LogP contribution in [0.4, 0.5) is 0 Å². The Balaban J connectivity index is 2.06. The van der Waals surface area contributed by atoms with Gasteiger partial charge in [0.2, 0.25) is 0 Å². The van der Waals surface area contributed by atoms with Gasteiger partial charge in [-0.05, 0) is 49.9 Å². The van der Waals surface area contributed by atoms with Crippen LogP contribution in [-0.4, -0.2) is 16.9 Å². The minimum absolute atomic E-state index is 0.0177. The SMILES string of the molecule is COc1cccc(C(N)CCc2c(C)nn(C)c2C)c1. The molecule has 2 rings (SSSR count). The predicted molar refractivity (Wildman–Crippen MR) is 80.9 cm³/mol. The average Bonchev–Trinajstić information content (AvgIpc) is 2.70. The van der Waals surface area contributed by atoms with Crippen LogP contribution in [0.2, 0.25) is 0 Å². The third-order valence-electron chi connectivity index (χ3n) is 3.89. The standard InChI is InChI=1S/C16H23N3O/c1-11-15(12(2)19(3)18-11)8-9-16(17)13-6-5-7-14(10-13)20-4/h5-7,10,16H,8-9,17H2,1-4H3. The number of hydrogen-bond donors (Lipinski definition) is 1. The van der Waals surface area contributed by atoms with Gasteiger partial charge in [0, 0.05) is 18.8 Å². The lowest BCUT2D eigenvalue weighted by atomic mass is 9.99. The number of benzene rings is 1. The van der Waals surface area contributed by atoms with Gasteiger partial charge in [-0.25, -0.2) is 0 Å². The number of ether oxygens (including phenoxy) is 1. The van der Waals surface area contributed by atoms with Gasteiger partial charge in [0.1, 0.15) is 5.75 Å². The Labute approximate surface area is 120 Å². The summed E-state index contributed by atoms with van der Waals surface area (Å²) >= 11 is 0. The first-order chi connectivity index (χ1) is 9.52. The van der Waals surface area contributed by atoms with E-state index in [0.717, 1.165) is 29.8 Å². The maximum atomic E-state index is 6.29. The Morgan fingerprint density at radius 2 is 2.10 bits per heavy atom. The van der Waals surface area contributed by atoms with E-state index in [1.165, 1.54) is 11.3 Å². The molecular formula is C16H23N3O. The van der Waals surface area contributed by atoms with E-state index in [2.05, 4.69) is 25.0 Å². The Morgan fingerprint density at radius 3 is 2.70 bits per heavy atom. The van der Waals surface area contributed by atoms with E-state index in [-0.39, 0.29) is 6.04 Å². The first kappa shape index (κ1) is 14.6. The fourth-order valence-corrected chi connectivity index (χ4v) is 2.52. The van der Waals surface area contributed by atoms with Crippen LogP contribution in [0.15, 0.2) is 24.3 Å². The molecule has 1 aromatic carbocycles. The third kappa shape index (κ3) is 3.02. The van der Waals surface area contributed by atoms with Gasteiger partial charge < -0.3 is 10.5 Å². The second kappa shape index (κ2) is 6.09. The summed E-state index contributed by atoms with van der Waals surface area (Å²) in [6.45, 7) is 4.16. The molecule has 4 heteroatoms. The molecule has 0 bridgehead atoms. The summed E-state index contributed by atoms with van der Waals surface area (Å²) < 4.78 is 7.17. The molecule has 0 aliphatic heterocycles. The van der Waals surface area contributed by atoms with Crippen LogP contribution >= 0.6 is 0 Å². The molecule has 1 heterocycles. The minimum atomic E-state index is 0.0177. The average molecular weight is 273 g/mol. The van der Waals surface area contributed by atoms with Crippen LogP contribution in [0.3, 0.4) is 0 Å². The molecular weight excluding hydrogens is 250 g/mol. The van der Waals surface area contributed by atoms with Crippen molar-refractivity contribution in [1.29, 1.82) is 0 Å². The van der Waals surface area contributed by atoms with Gasteiger partial charge >= 0.3 is 0 Å². The van der Waals surface area contributed by atoms with E-state index in [1.54, 1.807) is 7.11 Å². The molecule has 2 aromatic rings. The van der Waals surface area contributed by atoms with Crippen molar-refractivity contribution in [2.24, 2.45) is 12.8 Å². The minimum Gasteiger partial charge on any atom is -0.497 e. The Bertz CT molecular complexity index is 589. The van der Waals surface area contributed by atoms with E-state index < -0.39 is 0 Å². The van der Waals surface area contributed by atoms with E-state index in [1.807, 2.05) is 29.9 Å². The maximum Gasteiger partial charge on any atom is 0.119 e. The fraction of sp³-hybridized carbons (Fsp3) is 0.438. The number of nitrogens with two attached hydrogens (primary N) is 1. The van der Waals surface area contributed by atoms with Gasteiger partial charge in [-0.15, -0.1) is 0 Å². The highest BCUT2D eigenvalue weighted by molar-refractivity contribution is 5.31. The zero-order valence-electron chi connectivity index (χ0n) is 12.7. The van der Waals surface area contributed by atoms with Crippen molar-refractivity contribution >= 4 is 0 Å². The summed E-state index contributed by atoms with van der Waals surface area (Å²) in [5, 5.41) is 4.44. The number of aryl methyl sites for hydroxylation is 2. The maximum absolute atomic E-state index is 6.29. The van der Waals surface area contributed by atoms with Crippen LogP contribution in [-0.2, 0) is 13.5 Å². The van der Waals surface area contributed by atoms with Crippen LogP contribution in [0.5, 0.6) is 5.75 Å². The summed E-state index contributed by atoms with van der Waals surface area (Å²) in [7, 11) is 3.65. The van der Waals surface area contributed by atoms with Crippen molar-refractivity contribution in [3.8, 4) is 5.75 Å². The van der Waals surface area contributed by atoms with Gasteiger partial charge in [0.25, 0.3) is 0 Å². The highest BCUT2D eigenvalue weighted by atomic mass is 16.5. The predicted octanol–water partition coefficient (Wildman–Crippen LogP) is 2.68. The molecule has 1 unspecified atom stereocenters. The lowest BCUT2D eigenvalue weighted by Crippen LogP contribution is -2.12. The van der Waals surface area contributed by atoms with Gasteiger partial charge in [0.15, 0.2) is 0 Å². The number of methoxy groups -OCH3 is 1. The molecule has 0 saturated heterocycles. The third-order valence-corrected chi connectivity index (χ3v) is 3.89. The molecule has 0 fully saturated rings. The fourth-order valence-electron chi connectivity index (χ4n) is 2.52. The topological polar surface area (TPSA) is 53.1 Å². The second-order valence-electron chi connectivity index (χ2n) is 5.19. The molecule has 20 heavy (non-hydrogen) atoms. The van der Waals surface area contributed by atoms with Crippen molar-refractivity contribution in [2.45, 2.75) is 32.7 Å². The molecule has 4 nitrogen and oxygen atoms in total. The van der Waals surface area contributed by atoms with E-state index in [9.17, 15) is 0 Å². The number of aromatic nitrogens is 2. The summed E-state index contributed by atoms with van der Waals surface area (Å²) in [5.41, 5.74) is 11.0. The largest absolute Gasteiger partial charge is 0.497 e.